The van der Waals surface area contributed by atoms with E-state index >= 15 is 0 Å². The van der Waals surface area contributed by atoms with E-state index in [4.69, 9.17) is 5.11 Å². The van der Waals surface area contributed by atoms with Crippen LogP contribution in [0.25, 0.3) is 0 Å². The van der Waals surface area contributed by atoms with Crippen LogP contribution in [0, 0.1) is 5.41 Å². The molecule has 0 saturated carbocycles. The Morgan fingerprint density at radius 2 is 2.00 bits per heavy atom. The van der Waals surface area contributed by atoms with Gasteiger partial charge in [-0.05, 0) is 31.6 Å². The number of aliphatic hydroxyl groups excluding tert-OH is 1. The van der Waals surface area contributed by atoms with Crippen molar-refractivity contribution in [3.8, 4) is 0 Å². The normalized spacial score (nSPS) is 15.4. The summed E-state index contributed by atoms with van der Waals surface area (Å²) in [5.74, 6) is 0. The fourth-order valence-corrected chi connectivity index (χ4v) is 0.858. The van der Waals surface area contributed by atoms with Crippen molar-refractivity contribution in [2.75, 3.05) is 0 Å². The van der Waals surface area contributed by atoms with Crippen LogP contribution in [-0.4, -0.2) is 11.2 Å². The third-order valence-electron chi connectivity index (χ3n) is 2.23. The maximum Gasteiger partial charge on any atom is 0.0515 e. The van der Waals surface area contributed by atoms with Crippen molar-refractivity contribution in [2.45, 2.75) is 53.1 Å². The molecule has 0 bridgehead atoms. The van der Waals surface area contributed by atoms with Crippen molar-refractivity contribution >= 4 is 0 Å². The maximum atomic E-state index is 9.01. The molecule has 1 N–H and O–H groups in total. The molecule has 1 unspecified atom stereocenters. The smallest absolute Gasteiger partial charge is 0.0515 e. The molecule has 0 rings (SSSR count). The summed E-state index contributed by atoms with van der Waals surface area (Å²) in [6.07, 6.45) is 7.28. The van der Waals surface area contributed by atoms with Crippen molar-refractivity contribution in [3.05, 3.63) is 12.2 Å². The first-order valence-corrected chi connectivity index (χ1v) is 4.83. The quantitative estimate of drug-likeness (QED) is 0.628. The van der Waals surface area contributed by atoms with Gasteiger partial charge in [0.1, 0.15) is 0 Å². The fraction of sp³-hybridized carbons (Fsp3) is 0.818. The zero-order chi connectivity index (χ0) is 9.61. The molecule has 0 aliphatic carbocycles. The number of hydrogen-bond donors (Lipinski definition) is 1. The largest absolute Gasteiger partial charge is 0.393 e. The molecule has 0 aliphatic rings. The molecule has 1 heteroatoms. The third-order valence-corrected chi connectivity index (χ3v) is 2.23. The van der Waals surface area contributed by atoms with E-state index in [1.54, 1.807) is 0 Å². The average molecular weight is 170 g/mol. The lowest BCUT2D eigenvalue weighted by molar-refractivity contribution is 0.185. The van der Waals surface area contributed by atoms with Crippen LogP contribution in [0.2, 0.25) is 0 Å². The van der Waals surface area contributed by atoms with E-state index in [1.807, 2.05) is 6.92 Å². The van der Waals surface area contributed by atoms with E-state index in [0.717, 1.165) is 19.3 Å². The van der Waals surface area contributed by atoms with Gasteiger partial charge >= 0.3 is 0 Å². The molecule has 0 aromatic carbocycles. The highest BCUT2D eigenvalue weighted by molar-refractivity contribution is 4.93. The van der Waals surface area contributed by atoms with E-state index < -0.39 is 0 Å². The summed E-state index contributed by atoms with van der Waals surface area (Å²) in [5, 5.41) is 9.01. The summed E-state index contributed by atoms with van der Waals surface area (Å²) in [6, 6.07) is 0. The zero-order valence-electron chi connectivity index (χ0n) is 8.80. The summed E-state index contributed by atoms with van der Waals surface area (Å²) >= 11 is 0. The van der Waals surface area contributed by atoms with Gasteiger partial charge in [-0.2, -0.15) is 0 Å². The fourth-order valence-electron chi connectivity index (χ4n) is 0.858. The summed E-state index contributed by atoms with van der Waals surface area (Å²) in [6.45, 7) is 8.48. The molecule has 0 aromatic rings. The van der Waals surface area contributed by atoms with Gasteiger partial charge in [0.05, 0.1) is 6.10 Å². The summed E-state index contributed by atoms with van der Waals surface area (Å²) < 4.78 is 0. The highest BCUT2D eigenvalue weighted by Crippen LogP contribution is 2.21. The third kappa shape index (κ3) is 6.41. The van der Waals surface area contributed by atoms with Crippen LogP contribution in [0.3, 0.4) is 0 Å². The van der Waals surface area contributed by atoms with Crippen LogP contribution in [-0.2, 0) is 0 Å². The summed E-state index contributed by atoms with van der Waals surface area (Å²) in [7, 11) is 0. The Morgan fingerprint density at radius 3 is 2.42 bits per heavy atom. The van der Waals surface area contributed by atoms with Gasteiger partial charge in [-0.25, -0.2) is 0 Å². The van der Waals surface area contributed by atoms with E-state index in [-0.39, 0.29) is 6.10 Å². The lowest BCUT2D eigenvalue weighted by Crippen LogP contribution is -2.04. The highest BCUT2D eigenvalue weighted by atomic mass is 16.3. The van der Waals surface area contributed by atoms with Crippen molar-refractivity contribution in [2.24, 2.45) is 5.41 Å². The Morgan fingerprint density at radius 1 is 1.42 bits per heavy atom. The van der Waals surface area contributed by atoms with E-state index in [2.05, 4.69) is 32.9 Å². The molecule has 0 spiro atoms. The molecule has 0 heterocycles. The Hall–Kier alpha value is -0.300. The second-order valence-corrected chi connectivity index (χ2v) is 4.17. The van der Waals surface area contributed by atoms with Crippen LogP contribution < -0.4 is 0 Å². The molecule has 12 heavy (non-hydrogen) atoms. The van der Waals surface area contributed by atoms with Crippen molar-refractivity contribution in [1.82, 2.24) is 0 Å². The lowest BCUT2D eigenvalue weighted by Gasteiger charge is -2.16. The molecule has 0 saturated heterocycles. The molecule has 72 valence electrons. The molecule has 0 amide bonds. The van der Waals surface area contributed by atoms with Gasteiger partial charge in [-0.1, -0.05) is 32.9 Å². The molecule has 1 nitrogen and oxygen atoms in total. The monoisotopic (exact) mass is 170 g/mol. The summed E-state index contributed by atoms with van der Waals surface area (Å²) in [4.78, 5) is 0. The van der Waals surface area contributed by atoms with Crippen LogP contribution in [0.15, 0.2) is 12.2 Å². The van der Waals surface area contributed by atoms with Crippen LogP contribution in [0.1, 0.15) is 47.0 Å². The highest BCUT2D eigenvalue weighted by Gasteiger charge is 2.08. The van der Waals surface area contributed by atoms with Gasteiger partial charge < -0.3 is 5.11 Å². The predicted molar refractivity (Wildman–Crippen MR) is 54.1 cm³/mol. The number of allylic oxidation sites excluding steroid dienone is 2. The number of hydrogen-bond acceptors (Lipinski definition) is 1. The van der Waals surface area contributed by atoms with Crippen molar-refractivity contribution < 1.29 is 5.11 Å². The first-order valence-electron chi connectivity index (χ1n) is 4.83. The van der Waals surface area contributed by atoms with Crippen molar-refractivity contribution in [1.29, 1.82) is 0 Å². The Bertz CT molecular complexity index is 134. The lowest BCUT2D eigenvalue weighted by atomic mass is 9.89. The van der Waals surface area contributed by atoms with Gasteiger partial charge in [0.25, 0.3) is 0 Å². The van der Waals surface area contributed by atoms with E-state index in [9.17, 15) is 0 Å². The Labute approximate surface area is 76.5 Å². The Balaban J connectivity index is 3.61. The second-order valence-electron chi connectivity index (χ2n) is 4.17. The maximum absolute atomic E-state index is 9.01. The van der Waals surface area contributed by atoms with Gasteiger partial charge in [0.2, 0.25) is 0 Å². The SMILES string of the molecule is CCC(C)(C)C=CCCC(C)O. The molecule has 0 aromatic heterocycles. The van der Waals surface area contributed by atoms with Crippen LogP contribution >= 0.6 is 0 Å². The average Bonchev–Trinajstić information content (AvgIpc) is 1.98. The Kier molecular flexibility index (Phi) is 5.23. The molecule has 0 radical (unpaired) electrons. The van der Waals surface area contributed by atoms with E-state index in [1.165, 1.54) is 0 Å². The first-order chi connectivity index (χ1) is 5.48. The predicted octanol–water partition coefficient (Wildman–Crippen LogP) is 3.14. The number of aliphatic hydroxyl groups is 1. The second kappa shape index (κ2) is 5.36. The topological polar surface area (TPSA) is 20.2 Å². The molecular formula is C11H22O. The van der Waals surface area contributed by atoms with Gasteiger partial charge in [-0.3, -0.25) is 0 Å². The minimum atomic E-state index is -0.167. The van der Waals surface area contributed by atoms with Gasteiger partial charge in [0.15, 0.2) is 0 Å². The van der Waals surface area contributed by atoms with Gasteiger partial charge in [-0.15, -0.1) is 0 Å². The van der Waals surface area contributed by atoms with Crippen LogP contribution in [0.5, 0.6) is 0 Å². The molecule has 1 atom stereocenters. The van der Waals surface area contributed by atoms with E-state index in [0.29, 0.717) is 5.41 Å². The standard InChI is InChI=1S/C11H22O/c1-5-11(3,4)9-7-6-8-10(2)12/h7,9-10,12H,5-6,8H2,1-4H3. The van der Waals surface area contributed by atoms with Crippen molar-refractivity contribution in [3.63, 3.8) is 0 Å². The zero-order valence-corrected chi connectivity index (χ0v) is 8.80. The molecule has 0 fully saturated rings. The number of rotatable bonds is 5. The molecule has 0 aliphatic heterocycles. The minimum Gasteiger partial charge on any atom is -0.393 e. The molecular weight excluding hydrogens is 148 g/mol. The first kappa shape index (κ1) is 11.7. The minimum absolute atomic E-state index is 0.167. The summed E-state index contributed by atoms with van der Waals surface area (Å²) in [5.41, 5.74) is 0.318. The van der Waals surface area contributed by atoms with Crippen LogP contribution in [0.4, 0.5) is 0 Å². The van der Waals surface area contributed by atoms with Gasteiger partial charge in [0, 0.05) is 0 Å².